The highest BCUT2D eigenvalue weighted by Crippen LogP contribution is 2.28. The van der Waals surface area contributed by atoms with Crippen molar-refractivity contribution in [2.75, 3.05) is 6.61 Å². The Morgan fingerprint density at radius 1 is 1.80 bits per heavy atom. The average molecular weight is 146 g/mol. The molecular weight excluding hydrogens is 131 g/mol. The second-order valence-electron chi connectivity index (χ2n) is 2.94. The number of aliphatic hydroxyl groups is 1. The van der Waals surface area contributed by atoms with Crippen molar-refractivity contribution in [2.24, 2.45) is 5.92 Å². The minimum atomic E-state index is -1.44. The number of aliphatic hydroxyl groups excluding tert-OH is 1. The van der Waals surface area contributed by atoms with Crippen LogP contribution in [-0.2, 0) is 0 Å². The van der Waals surface area contributed by atoms with Crippen LogP contribution in [0.5, 0.6) is 0 Å². The van der Waals surface area contributed by atoms with Gasteiger partial charge < -0.3 is 5.11 Å². The van der Waals surface area contributed by atoms with Crippen LogP contribution in [0.2, 0.25) is 0 Å². The van der Waals surface area contributed by atoms with Crippen molar-refractivity contribution >= 4 is 0 Å². The average Bonchev–Trinajstić information content (AvgIpc) is 1.86. The largest absolute Gasteiger partial charge is 0.396 e. The normalized spacial score (nSPS) is 19.7. The second kappa shape index (κ2) is 3.15. The predicted molar refractivity (Wildman–Crippen MR) is 40.6 cm³/mol. The summed E-state index contributed by atoms with van der Waals surface area (Å²) in [6, 6.07) is 0. The highest BCUT2D eigenvalue weighted by molar-refractivity contribution is 5.09. The van der Waals surface area contributed by atoms with Gasteiger partial charge in [0.15, 0.2) is 0 Å². The molecule has 0 amide bonds. The molecule has 0 aromatic heterocycles. The van der Waals surface area contributed by atoms with E-state index in [1.807, 2.05) is 0 Å². The molecule has 0 radical (unpaired) electrons. The first-order valence-corrected chi connectivity index (χ1v) is 3.38. The van der Waals surface area contributed by atoms with Crippen molar-refractivity contribution < 1.29 is 9.50 Å². The van der Waals surface area contributed by atoms with Gasteiger partial charge in [0.05, 0.1) is 0 Å². The first-order chi connectivity index (χ1) is 4.42. The molecule has 0 rings (SSSR count). The molecule has 10 heavy (non-hydrogen) atoms. The van der Waals surface area contributed by atoms with E-state index in [2.05, 4.69) is 6.58 Å². The lowest BCUT2D eigenvalue weighted by atomic mass is 9.88. The summed E-state index contributed by atoms with van der Waals surface area (Å²) in [6.45, 7) is 8.10. The van der Waals surface area contributed by atoms with Crippen LogP contribution < -0.4 is 0 Å². The third-order valence-corrected chi connectivity index (χ3v) is 2.03. The summed E-state index contributed by atoms with van der Waals surface area (Å²) >= 11 is 0. The van der Waals surface area contributed by atoms with E-state index < -0.39 is 5.67 Å². The maximum atomic E-state index is 13.3. The number of rotatable bonds is 3. The van der Waals surface area contributed by atoms with Crippen molar-refractivity contribution in [1.29, 1.82) is 0 Å². The van der Waals surface area contributed by atoms with E-state index in [4.69, 9.17) is 5.11 Å². The molecule has 0 aromatic rings. The lowest BCUT2D eigenvalue weighted by Crippen LogP contribution is -2.30. The quantitative estimate of drug-likeness (QED) is 0.603. The Balaban J connectivity index is 4.23. The van der Waals surface area contributed by atoms with Gasteiger partial charge in [0.25, 0.3) is 0 Å². The summed E-state index contributed by atoms with van der Waals surface area (Å²) in [7, 11) is 0. The minimum absolute atomic E-state index is 0.139. The zero-order valence-electron chi connectivity index (χ0n) is 6.82. The van der Waals surface area contributed by atoms with Gasteiger partial charge in [-0.2, -0.15) is 0 Å². The molecule has 0 bridgehead atoms. The molecule has 1 unspecified atom stereocenters. The maximum Gasteiger partial charge on any atom is 0.133 e. The Kier molecular flexibility index (Phi) is 3.03. The molecule has 0 aromatic carbocycles. The molecule has 0 saturated heterocycles. The van der Waals surface area contributed by atoms with E-state index >= 15 is 0 Å². The van der Waals surface area contributed by atoms with Gasteiger partial charge in [0.2, 0.25) is 0 Å². The molecule has 0 saturated carbocycles. The molecule has 0 aliphatic rings. The highest BCUT2D eigenvalue weighted by atomic mass is 19.1. The molecule has 0 fully saturated rings. The second-order valence-corrected chi connectivity index (χ2v) is 2.94. The Labute approximate surface area is 61.6 Å². The predicted octanol–water partition coefficient (Wildman–Crippen LogP) is 1.92. The fraction of sp³-hybridized carbons (Fsp3) is 0.750. The molecular formula is C8H15FO. The Hall–Kier alpha value is -0.370. The number of alkyl halides is 1. The first kappa shape index (κ1) is 9.63. The summed E-state index contributed by atoms with van der Waals surface area (Å²) in [5.41, 5.74) is -0.969. The topological polar surface area (TPSA) is 20.2 Å². The van der Waals surface area contributed by atoms with Gasteiger partial charge in [-0.05, 0) is 19.4 Å². The molecule has 0 spiro atoms. The van der Waals surface area contributed by atoms with Gasteiger partial charge in [-0.1, -0.05) is 13.5 Å². The van der Waals surface area contributed by atoms with Crippen LogP contribution in [0.4, 0.5) is 4.39 Å². The van der Waals surface area contributed by atoms with Crippen LogP contribution in [0, 0.1) is 5.92 Å². The van der Waals surface area contributed by atoms with Gasteiger partial charge in [0.1, 0.15) is 5.67 Å². The first-order valence-electron chi connectivity index (χ1n) is 3.38. The molecule has 1 N–H and O–H groups in total. The standard InChI is InChI=1S/C8H15FO/c1-6(2)8(4,9)7(3)5-10/h7,10H,1,5H2,2-4H3/t7-,8?/m1/s1. The smallest absolute Gasteiger partial charge is 0.133 e. The number of hydrogen-bond acceptors (Lipinski definition) is 1. The van der Waals surface area contributed by atoms with Crippen molar-refractivity contribution in [2.45, 2.75) is 26.4 Å². The van der Waals surface area contributed by atoms with E-state index in [0.717, 1.165) is 0 Å². The zero-order valence-corrected chi connectivity index (χ0v) is 6.82. The van der Waals surface area contributed by atoms with Gasteiger partial charge >= 0.3 is 0 Å². The van der Waals surface area contributed by atoms with E-state index in [1.165, 1.54) is 6.92 Å². The summed E-state index contributed by atoms with van der Waals surface area (Å²) < 4.78 is 13.3. The Bertz CT molecular complexity index is 129. The summed E-state index contributed by atoms with van der Waals surface area (Å²) in [5, 5.41) is 8.64. The van der Waals surface area contributed by atoms with Crippen molar-refractivity contribution in [3.05, 3.63) is 12.2 Å². The van der Waals surface area contributed by atoms with Gasteiger partial charge in [-0.3, -0.25) is 0 Å². The summed E-state index contributed by atoms with van der Waals surface area (Å²) in [4.78, 5) is 0. The Morgan fingerprint density at radius 3 is 2.30 bits per heavy atom. The van der Waals surface area contributed by atoms with Crippen LogP contribution in [0.1, 0.15) is 20.8 Å². The van der Waals surface area contributed by atoms with E-state index in [-0.39, 0.29) is 12.5 Å². The van der Waals surface area contributed by atoms with Crippen molar-refractivity contribution in [3.8, 4) is 0 Å². The van der Waals surface area contributed by atoms with Crippen LogP contribution in [0.15, 0.2) is 12.2 Å². The van der Waals surface area contributed by atoms with Crippen LogP contribution >= 0.6 is 0 Å². The molecule has 1 nitrogen and oxygen atoms in total. The van der Waals surface area contributed by atoms with Crippen LogP contribution in [-0.4, -0.2) is 17.4 Å². The fourth-order valence-corrected chi connectivity index (χ4v) is 0.592. The fourth-order valence-electron chi connectivity index (χ4n) is 0.592. The van der Waals surface area contributed by atoms with E-state index in [1.54, 1.807) is 13.8 Å². The summed E-state index contributed by atoms with van der Waals surface area (Å²) in [6.07, 6.45) is 0. The summed E-state index contributed by atoms with van der Waals surface area (Å²) in [5.74, 6) is -0.370. The van der Waals surface area contributed by atoms with E-state index in [9.17, 15) is 4.39 Å². The molecule has 2 heteroatoms. The van der Waals surface area contributed by atoms with Crippen molar-refractivity contribution in [3.63, 3.8) is 0 Å². The van der Waals surface area contributed by atoms with E-state index in [0.29, 0.717) is 5.57 Å². The van der Waals surface area contributed by atoms with Gasteiger partial charge in [-0.25, -0.2) is 4.39 Å². The molecule has 0 aliphatic carbocycles. The van der Waals surface area contributed by atoms with Crippen LogP contribution in [0.25, 0.3) is 0 Å². The van der Waals surface area contributed by atoms with Gasteiger partial charge in [0, 0.05) is 12.5 Å². The third-order valence-electron chi connectivity index (χ3n) is 2.03. The zero-order chi connectivity index (χ0) is 8.36. The molecule has 0 aliphatic heterocycles. The van der Waals surface area contributed by atoms with Gasteiger partial charge in [-0.15, -0.1) is 0 Å². The third kappa shape index (κ3) is 1.81. The molecule has 2 atom stereocenters. The number of halogens is 1. The minimum Gasteiger partial charge on any atom is -0.396 e. The van der Waals surface area contributed by atoms with Crippen molar-refractivity contribution in [1.82, 2.24) is 0 Å². The number of hydrogen-bond donors (Lipinski definition) is 1. The lowest BCUT2D eigenvalue weighted by Gasteiger charge is -2.26. The lowest BCUT2D eigenvalue weighted by molar-refractivity contribution is 0.0985. The SMILES string of the molecule is C=C(C)C(C)(F)[C@H](C)CO. The highest BCUT2D eigenvalue weighted by Gasteiger charge is 2.30. The molecule has 60 valence electrons. The van der Waals surface area contributed by atoms with Crippen LogP contribution in [0.3, 0.4) is 0 Å². The maximum absolute atomic E-state index is 13.3. The monoisotopic (exact) mass is 146 g/mol. The number of allylic oxidation sites excluding steroid dienone is 1. The Morgan fingerprint density at radius 2 is 2.20 bits per heavy atom. The molecule has 0 heterocycles.